The van der Waals surface area contributed by atoms with Gasteiger partial charge in [0, 0.05) is 24.6 Å². The molecule has 0 saturated heterocycles. The van der Waals surface area contributed by atoms with E-state index in [2.05, 4.69) is 10.3 Å². The van der Waals surface area contributed by atoms with Crippen molar-refractivity contribution in [2.45, 2.75) is 44.6 Å². The van der Waals surface area contributed by atoms with Crippen LogP contribution in [0.3, 0.4) is 0 Å². The van der Waals surface area contributed by atoms with Crippen LogP contribution in [0.2, 0.25) is 0 Å². The SMILES string of the molecule is COC(=O)[C@@H](Cc1ccc(OC)nc1)NC(=O)C1CCCCC1. The summed E-state index contributed by atoms with van der Waals surface area (Å²) in [6.45, 7) is 0. The standard InChI is InChI=1S/C17H24N2O4/c1-22-15-9-8-12(11-18-15)10-14(17(21)23-2)19-16(20)13-6-4-3-5-7-13/h8-9,11,13-14H,3-7,10H2,1-2H3,(H,19,20)/t14-/m1/s1. The first-order valence-corrected chi connectivity index (χ1v) is 8.01. The third-order valence-electron chi connectivity index (χ3n) is 4.22. The minimum absolute atomic E-state index is 0.00454. The summed E-state index contributed by atoms with van der Waals surface area (Å²) in [5.41, 5.74) is 0.838. The van der Waals surface area contributed by atoms with E-state index in [9.17, 15) is 9.59 Å². The number of pyridine rings is 1. The van der Waals surface area contributed by atoms with Crippen molar-refractivity contribution in [3.05, 3.63) is 23.9 Å². The second-order valence-corrected chi connectivity index (χ2v) is 5.83. The summed E-state index contributed by atoms with van der Waals surface area (Å²) in [4.78, 5) is 28.5. The van der Waals surface area contributed by atoms with Crippen molar-refractivity contribution in [2.75, 3.05) is 14.2 Å². The molecule has 0 bridgehead atoms. The molecule has 1 fully saturated rings. The van der Waals surface area contributed by atoms with E-state index in [-0.39, 0.29) is 11.8 Å². The third kappa shape index (κ3) is 4.94. The lowest BCUT2D eigenvalue weighted by molar-refractivity contribution is -0.145. The molecule has 1 heterocycles. The van der Waals surface area contributed by atoms with Crippen LogP contribution < -0.4 is 10.1 Å². The number of esters is 1. The van der Waals surface area contributed by atoms with Gasteiger partial charge in [0.05, 0.1) is 14.2 Å². The number of hydrogen-bond donors (Lipinski definition) is 1. The average molecular weight is 320 g/mol. The molecule has 1 aliphatic carbocycles. The molecule has 1 aromatic heterocycles. The van der Waals surface area contributed by atoms with Crippen LogP contribution in [0.25, 0.3) is 0 Å². The van der Waals surface area contributed by atoms with Gasteiger partial charge in [-0.1, -0.05) is 25.3 Å². The Morgan fingerprint density at radius 2 is 2.00 bits per heavy atom. The van der Waals surface area contributed by atoms with Gasteiger partial charge in [-0.25, -0.2) is 9.78 Å². The Hall–Kier alpha value is -2.11. The number of ether oxygens (including phenoxy) is 2. The van der Waals surface area contributed by atoms with E-state index in [1.54, 1.807) is 19.4 Å². The zero-order valence-electron chi connectivity index (χ0n) is 13.7. The van der Waals surface area contributed by atoms with Gasteiger partial charge >= 0.3 is 5.97 Å². The van der Waals surface area contributed by atoms with Crippen LogP contribution in [0.1, 0.15) is 37.7 Å². The molecule has 6 heteroatoms. The van der Waals surface area contributed by atoms with Crippen LogP contribution in [0.5, 0.6) is 5.88 Å². The molecule has 0 unspecified atom stereocenters. The molecule has 126 valence electrons. The molecule has 23 heavy (non-hydrogen) atoms. The molecule has 0 aromatic carbocycles. The lowest BCUT2D eigenvalue weighted by Gasteiger charge is -2.24. The first-order valence-electron chi connectivity index (χ1n) is 8.01. The molecular formula is C17H24N2O4. The maximum absolute atomic E-state index is 12.4. The van der Waals surface area contributed by atoms with Gasteiger partial charge in [0.1, 0.15) is 6.04 Å². The van der Waals surface area contributed by atoms with Crippen LogP contribution >= 0.6 is 0 Å². The van der Waals surface area contributed by atoms with Gasteiger partial charge in [-0.05, 0) is 18.4 Å². The lowest BCUT2D eigenvalue weighted by atomic mass is 9.88. The maximum atomic E-state index is 12.4. The maximum Gasteiger partial charge on any atom is 0.328 e. The van der Waals surface area contributed by atoms with Gasteiger partial charge in [-0.3, -0.25) is 4.79 Å². The summed E-state index contributed by atoms with van der Waals surface area (Å²) in [7, 11) is 2.87. The number of carbonyl (C=O) groups excluding carboxylic acids is 2. The van der Waals surface area contributed by atoms with Crippen molar-refractivity contribution in [1.82, 2.24) is 10.3 Å². The van der Waals surface area contributed by atoms with Gasteiger partial charge < -0.3 is 14.8 Å². The number of methoxy groups -OCH3 is 2. The highest BCUT2D eigenvalue weighted by Gasteiger charge is 2.27. The van der Waals surface area contributed by atoms with E-state index in [1.165, 1.54) is 13.5 Å². The summed E-state index contributed by atoms with van der Waals surface area (Å²) in [5, 5.41) is 2.84. The Morgan fingerprint density at radius 3 is 2.57 bits per heavy atom. The van der Waals surface area contributed by atoms with Crippen molar-refractivity contribution in [3.8, 4) is 5.88 Å². The number of nitrogens with zero attached hydrogens (tertiary/aromatic N) is 1. The fourth-order valence-corrected chi connectivity index (χ4v) is 2.88. The fraction of sp³-hybridized carbons (Fsp3) is 0.588. The number of carbonyl (C=O) groups is 2. The summed E-state index contributed by atoms with van der Waals surface area (Å²) >= 11 is 0. The lowest BCUT2D eigenvalue weighted by Crippen LogP contribution is -2.45. The normalized spacial score (nSPS) is 16.4. The van der Waals surface area contributed by atoms with Crippen molar-refractivity contribution in [2.24, 2.45) is 5.92 Å². The number of rotatable bonds is 6. The second-order valence-electron chi connectivity index (χ2n) is 5.83. The molecule has 1 aromatic rings. The summed E-state index contributed by atoms with van der Waals surface area (Å²) in [6.07, 6.45) is 7.10. The Morgan fingerprint density at radius 1 is 1.26 bits per heavy atom. The molecule has 0 spiro atoms. The molecule has 6 nitrogen and oxygen atoms in total. The Bertz CT molecular complexity index is 524. The van der Waals surface area contributed by atoms with E-state index >= 15 is 0 Å². The molecule has 2 rings (SSSR count). The highest BCUT2D eigenvalue weighted by Crippen LogP contribution is 2.24. The van der Waals surface area contributed by atoms with E-state index in [0.717, 1.165) is 31.2 Å². The van der Waals surface area contributed by atoms with Crippen LogP contribution in [-0.4, -0.2) is 37.1 Å². The first-order chi connectivity index (χ1) is 11.1. The predicted molar refractivity (Wildman–Crippen MR) is 85.0 cm³/mol. The van der Waals surface area contributed by atoms with E-state index in [1.807, 2.05) is 6.07 Å². The molecule has 0 aliphatic heterocycles. The Balaban J connectivity index is 2.00. The second kappa shape index (κ2) is 8.50. The predicted octanol–water partition coefficient (Wildman–Crippen LogP) is 1.87. The van der Waals surface area contributed by atoms with Crippen LogP contribution in [0, 0.1) is 5.92 Å². The molecule has 1 saturated carbocycles. The van der Waals surface area contributed by atoms with E-state index in [4.69, 9.17) is 9.47 Å². The van der Waals surface area contributed by atoms with Crippen LogP contribution in [0.4, 0.5) is 0 Å². The summed E-state index contributed by atoms with van der Waals surface area (Å²) in [6, 6.07) is 2.87. The molecule has 1 N–H and O–H groups in total. The zero-order chi connectivity index (χ0) is 16.7. The van der Waals surface area contributed by atoms with Crippen LogP contribution in [0.15, 0.2) is 18.3 Å². The van der Waals surface area contributed by atoms with Gasteiger partial charge in [0.15, 0.2) is 0 Å². The quantitative estimate of drug-likeness (QED) is 0.810. The number of aromatic nitrogens is 1. The smallest absolute Gasteiger partial charge is 0.328 e. The van der Waals surface area contributed by atoms with Crippen molar-refractivity contribution < 1.29 is 19.1 Å². The average Bonchev–Trinajstić information content (AvgIpc) is 2.61. The summed E-state index contributed by atoms with van der Waals surface area (Å²) < 4.78 is 9.83. The molecule has 0 radical (unpaired) electrons. The highest BCUT2D eigenvalue weighted by atomic mass is 16.5. The Kier molecular flexibility index (Phi) is 6.38. The Labute approximate surface area is 136 Å². The molecule has 1 amide bonds. The molecule has 1 aliphatic rings. The minimum Gasteiger partial charge on any atom is -0.481 e. The van der Waals surface area contributed by atoms with Crippen LogP contribution in [-0.2, 0) is 20.7 Å². The van der Waals surface area contributed by atoms with Crippen molar-refractivity contribution in [1.29, 1.82) is 0 Å². The number of amides is 1. The van der Waals surface area contributed by atoms with Gasteiger partial charge in [0.2, 0.25) is 11.8 Å². The summed E-state index contributed by atoms with van der Waals surface area (Å²) in [5.74, 6) is 0.0195. The molecule has 1 atom stereocenters. The first kappa shape index (κ1) is 17.2. The highest BCUT2D eigenvalue weighted by molar-refractivity contribution is 5.86. The van der Waals surface area contributed by atoms with E-state index < -0.39 is 12.0 Å². The number of hydrogen-bond acceptors (Lipinski definition) is 5. The van der Waals surface area contributed by atoms with Gasteiger partial charge in [-0.15, -0.1) is 0 Å². The zero-order valence-corrected chi connectivity index (χ0v) is 13.7. The van der Waals surface area contributed by atoms with Crippen molar-refractivity contribution >= 4 is 11.9 Å². The van der Waals surface area contributed by atoms with Crippen molar-refractivity contribution in [3.63, 3.8) is 0 Å². The van der Waals surface area contributed by atoms with Gasteiger partial charge in [0.25, 0.3) is 0 Å². The molecular weight excluding hydrogens is 296 g/mol. The van der Waals surface area contributed by atoms with Gasteiger partial charge in [-0.2, -0.15) is 0 Å². The topological polar surface area (TPSA) is 77.5 Å². The monoisotopic (exact) mass is 320 g/mol. The largest absolute Gasteiger partial charge is 0.481 e. The van der Waals surface area contributed by atoms with E-state index in [0.29, 0.717) is 12.3 Å². The number of nitrogens with one attached hydrogen (secondary N) is 1. The minimum atomic E-state index is -0.690. The third-order valence-corrected chi connectivity index (χ3v) is 4.22. The fourth-order valence-electron chi connectivity index (χ4n) is 2.88.